The lowest BCUT2D eigenvalue weighted by atomic mass is 10.2. The molecule has 0 saturated carbocycles. The molecule has 0 saturated heterocycles. The Bertz CT molecular complexity index is 1060. The smallest absolute Gasteiger partial charge is 0.322 e. The summed E-state index contributed by atoms with van der Waals surface area (Å²) in [7, 11) is 3.07. The van der Waals surface area contributed by atoms with Crippen LogP contribution in [0.25, 0.3) is 0 Å². The number of carbonyl (C=O) groups is 2. The Balaban J connectivity index is 1.44. The van der Waals surface area contributed by atoms with Crippen molar-refractivity contribution in [1.82, 2.24) is 9.88 Å². The van der Waals surface area contributed by atoms with Gasteiger partial charge >= 0.3 is 6.03 Å². The van der Waals surface area contributed by atoms with E-state index in [1.54, 1.807) is 42.3 Å². The molecule has 1 aliphatic heterocycles. The molecule has 9 nitrogen and oxygen atoms in total. The molecule has 156 valence electrons. The molecule has 10 heteroatoms. The van der Waals surface area contributed by atoms with Crippen molar-refractivity contribution in [3.05, 3.63) is 52.9 Å². The van der Waals surface area contributed by atoms with Crippen molar-refractivity contribution in [2.75, 3.05) is 31.4 Å². The summed E-state index contributed by atoms with van der Waals surface area (Å²) in [4.78, 5) is 32.1. The summed E-state index contributed by atoms with van der Waals surface area (Å²) in [5.74, 6) is 0.865. The molecule has 4 rings (SSSR count). The zero-order valence-electron chi connectivity index (χ0n) is 16.4. The van der Waals surface area contributed by atoms with Gasteiger partial charge in [-0.25, -0.2) is 9.78 Å². The number of amides is 3. The molecule has 0 spiro atoms. The zero-order chi connectivity index (χ0) is 21.1. The molecule has 3 amide bonds. The van der Waals surface area contributed by atoms with E-state index < -0.39 is 0 Å². The Morgan fingerprint density at radius 2 is 2.03 bits per heavy atom. The van der Waals surface area contributed by atoms with Gasteiger partial charge in [-0.2, -0.15) is 0 Å². The minimum atomic E-state index is -0.356. The second-order valence-corrected chi connectivity index (χ2v) is 7.55. The largest absolute Gasteiger partial charge is 0.493 e. The average molecular weight is 428 g/mol. The molecule has 3 heterocycles. The van der Waals surface area contributed by atoms with Gasteiger partial charge in [0.2, 0.25) is 0 Å². The van der Waals surface area contributed by atoms with Crippen LogP contribution in [0.4, 0.5) is 15.6 Å². The number of aromatic nitrogens is 1. The zero-order valence-corrected chi connectivity index (χ0v) is 17.2. The fourth-order valence-corrected chi connectivity index (χ4v) is 4.19. The fraction of sp³-hybridized carbons (Fsp3) is 0.250. The van der Waals surface area contributed by atoms with Crippen molar-refractivity contribution in [1.29, 1.82) is 0 Å². The number of nitrogens with zero attached hydrogens (tertiary/aromatic N) is 2. The number of benzene rings is 1. The Hall–Kier alpha value is -3.53. The number of hydrogen-bond acceptors (Lipinski definition) is 7. The SMILES string of the molecule is COc1cccc(NC(=O)N2CCc3nc(NC(=O)c4ccco4)sc3C2)c1OC. The molecule has 0 unspecified atom stereocenters. The molecule has 3 aromatic rings. The van der Waals surface area contributed by atoms with Gasteiger partial charge in [0.25, 0.3) is 5.91 Å². The molecular formula is C20H20N4O5S. The molecule has 0 aliphatic carbocycles. The van der Waals surface area contributed by atoms with Gasteiger partial charge in [0, 0.05) is 17.8 Å². The van der Waals surface area contributed by atoms with Crippen LogP contribution in [0.3, 0.4) is 0 Å². The van der Waals surface area contributed by atoms with E-state index in [0.29, 0.717) is 41.8 Å². The summed E-state index contributed by atoms with van der Waals surface area (Å²) in [5.41, 5.74) is 1.42. The number of rotatable bonds is 5. The fourth-order valence-electron chi connectivity index (χ4n) is 3.17. The number of ether oxygens (including phenoxy) is 2. The van der Waals surface area contributed by atoms with Gasteiger partial charge in [-0.3, -0.25) is 10.1 Å². The standard InChI is InChI=1S/C20H20N4O5S/c1-27-14-6-3-5-13(17(14)28-2)22-20(26)24-9-8-12-16(11-24)30-19(21-12)23-18(25)15-7-4-10-29-15/h3-7,10H,8-9,11H2,1-2H3,(H,22,26)(H,21,23,25). The summed E-state index contributed by atoms with van der Waals surface area (Å²) >= 11 is 1.35. The Labute approximate surface area is 176 Å². The quantitative estimate of drug-likeness (QED) is 0.643. The topological polar surface area (TPSA) is 106 Å². The molecule has 1 aromatic carbocycles. The first kappa shape index (κ1) is 19.8. The van der Waals surface area contributed by atoms with Gasteiger partial charge in [-0.15, -0.1) is 0 Å². The van der Waals surface area contributed by atoms with Crippen LogP contribution in [0.15, 0.2) is 41.0 Å². The first-order chi connectivity index (χ1) is 14.6. The van der Waals surface area contributed by atoms with E-state index in [1.165, 1.54) is 24.7 Å². The van der Waals surface area contributed by atoms with E-state index in [9.17, 15) is 9.59 Å². The van der Waals surface area contributed by atoms with Crippen molar-refractivity contribution in [3.8, 4) is 11.5 Å². The lowest BCUT2D eigenvalue weighted by Crippen LogP contribution is -2.38. The number of para-hydroxylation sites is 1. The van der Waals surface area contributed by atoms with Gasteiger partial charge in [0.15, 0.2) is 22.4 Å². The number of furan rings is 1. The maximum absolute atomic E-state index is 12.8. The highest BCUT2D eigenvalue weighted by molar-refractivity contribution is 7.15. The molecular weight excluding hydrogens is 408 g/mol. The highest BCUT2D eigenvalue weighted by atomic mass is 32.1. The number of urea groups is 1. The van der Waals surface area contributed by atoms with Crippen molar-refractivity contribution in [3.63, 3.8) is 0 Å². The molecule has 0 fully saturated rings. The van der Waals surface area contributed by atoms with Gasteiger partial charge in [-0.1, -0.05) is 17.4 Å². The van der Waals surface area contributed by atoms with Crippen LogP contribution < -0.4 is 20.1 Å². The van der Waals surface area contributed by atoms with E-state index >= 15 is 0 Å². The van der Waals surface area contributed by atoms with E-state index in [-0.39, 0.29) is 17.7 Å². The van der Waals surface area contributed by atoms with Gasteiger partial charge in [0.05, 0.1) is 38.4 Å². The molecule has 2 aromatic heterocycles. The van der Waals surface area contributed by atoms with Crippen molar-refractivity contribution in [2.45, 2.75) is 13.0 Å². The third-order valence-electron chi connectivity index (χ3n) is 4.63. The number of nitrogens with one attached hydrogen (secondary N) is 2. The predicted octanol–water partition coefficient (Wildman–Crippen LogP) is 3.60. The van der Waals surface area contributed by atoms with Gasteiger partial charge in [0.1, 0.15) is 0 Å². The number of hydrogen-bond donors (Lipinski definition) is 2. The first-order valence-corrected chi connectivity index (χ1v) is 10.0. The lowest BCUT2D eigenvalue weighted by Gasteiger charge is -2.26. The normalized spacial score (nSPS) is 12.8. The van der Waals surface area contributed by atoms with Crippen LogP contribution in [-0.4, -0.2) is 42.6 Å². The maximum atomic E-state index is 12.8. The molecule has 1 aliphatic rings. The Morgan fingerprint density at radius 3 is 2.77 bits per heavy atom. The van der Waals surface area contributed by atoms with Crippen LogP contribution in [0.5, 0.6) is 11.5 Å². The highest BCUT2D eigenvalue weighted by Gasteiger charge is 2.26. The van der Waals surface area contributed by atoms with Crippen molar-refractivity contribution >= 4 is 34.1 Å². The van der Waals surface area contributed by atoms with Crippen LogP contribution in [0, 0.1) is 0 Å². The van der Waals surface area contributed by atoms with Gasteiger partial charge in [-0.05, 0) is 24.3 Å². The third-order valence-corrected chi connectivity index (χ3v) is 5.63. The van der Waals surface area contributed by atoms with Crippen molar-refractivity contribution < 1.29 is 23.5 Å². The summed E-state index contributed by atoms with van der Waals surface area (Å²) in [6.45, 7) is 0.919. The van der Waals surface area contributed by atoms with E-state index in [1.807, 2.05) is 0 Å². The molecule has 0 bridgehead atoms. The monoisotopic (exact) mass is 428 g/mol. The summed E-state index contributed by atoms with van der Waals surface area (Å²) in [6.07, 6.45) is 2.04. The number of carbonyl (C=O) groups excluding carboxylic acids is 2. The van der Waals surface area contributed by atoms with Crippen LogP contribution in [-0.2, 0) is 13.0 Å². The van der Waals surface area contributed by atoms with E-state index in [0.717, 1.165) is 10.6 Å². The van der Waals surface area contributed by atoms with E-state index in [4.69, 9.17) is 13.9 Å². The lowest BCUT2D eigenvalue weighted by molar-refractivity contribution is 0.0996. The molecule has 0 radical (unpaired) electrons. The summed E-state index contributed by atoms with van der Waals surface area (Å²) in [6, 6.07) is 8.28. The second kappa shape index (κ2) is 8.46. The summed E-state index contributed by atoms with van der Waals surface area (Å²) in [5, 5.41) is 6.10. The average Bonchev–Trinajstić information content (AvgIpc) is 3.42. The third kappa shape index (κ3) is 3.94. The Kier molecular flexibility index (Phi) is 5.57. The minimum Gasteiger partial charge on any atom is -0.493 e. The number of anilines is 2. The molecule has 30 heavy (non-hydrogen) atoms. The van der Waals surface area contributed by atoms with Gasteiger partial charge < -0.3 is 24.1 Å². The minimum absolute atomic E-state index is 0.219. The highest BCUT2D eigenvalue weighted by Crippen LogP contribution is 2.35. The van der Waals surface area contributed by atoms with Crippen molar-refractivity contribution in [2.24, 2.45) is 0 Å². The second-order valence-electron chi connectivity index (χ2n) is 6.46. The molecule has 2 N–H and O–H groups in total. The van der Waals surface area contributed by atoms with Crippen LogP contribution in [0.2, 0.25) is 0 Å². The summed E-state index contributed by atoms with van der Waals surface area (Å²) < 4.78 is 15.7. The predicted molar refractivity (Wildman–Crippen MR) is 111 cm³/mol. The molecule has 0 atom stereocenters. The Morgan fingerprint density at radius 1 is 1.17 bits per heavy atom. The van der Waals surface area contributed by atoms with Crippen LogP contribution in [0.1, 0.15) is 21.1 Å². The number of fused-ring (bicyclic) bond motifs is 1. The first-order valence-electron chi connectivity index (χ1n) is 9.19. The maximum Gasteiger partial charge on any atom is 0.322 e. The van der Waals surface area contributed by atoms with E-state index in [2.05, 4.69) is 15.6 Å². The van der Waals surface area contributed by atoms with Crippen LogP contribution >= 0.6 is 11.3 Å². The number of methoxy groups -OCH3 is 2. The number of thiazole rings is 1.